The van der Waals surface area contributed by atoms with E-state index in [1.54, 1.807) is 5.56 Å². The third-order valence-corrected chi connectivity index (χ3v) is 7.36. The van der Waals surface area contributed by atoms with E-state index >= 15 is 0 Å². The fraction of sp³-hybridized carbons (Fsp3) is 0.516. The van der Waals surface area contributed by atoms with Crippen molar-refractivity contribution in [3.8, 4) is 0 Å². The Morgan fingerprint density at radius 2 is 1.55 bits per heavy atom. The molecule has 0 heterocycles. The summed E-state index contributed by atoms with van der Waals surface area (Å²) in [6.07, 6.45) is 9.57. The topological polar surface area (TPSA) is 26.3 Å². The molecule has 178 valence electrons. The molecule has 33 heavy (non-hydrogen) atoms. The molecule has 0 aromatic heterocycles. The first-order chi connectivity index (χ1) is 15.6. The van der Waals surface area contributed by atoms with Crippen LogP contribution in [0.15, 0.2) is 36.4 Å². The van der Waals surface area contributed by atoms with Crippen LogP contribution in [-0.2, 0) is 22.0 Å². The highest BCUT2D eigenvalue weighted by molar-refractivity contribution is 5.90. The van der Waals surface area contributed by atoms with E-state index in [-0.39, 0.29) is 16.8 Å². The molecule has 0 N–H and O–H groups in total. The quantitative estimate of drug-likeness (QED) is 0.231. The summed E-state index contributed by atoms with van der Waals surface area (Å²) in [5.74, 6) is -0.262. The normalized spacial score (nSPS) is 16.9. The minimum Gasteiger partial charge on any atom is -0.462 e. The molecule has 0 unspecified atom stereocenters. The van der Waals surface area contributed by atoms with Crippen molar-refractivity contribution < 1.29 is 9.53 Å². The summed E-state index contributed by atoms with van der Waals surface area (Å²) in [5, 5.41) is 0. The number of unbranched alkanes of at least 4 members (excludes halogenated alkanes) is 2. The van der Waals surface area contributed by atoms with E-state index < -0.39 is 0 Å². The SMILES string of the molecule is CCCCCc1cc2c(cc1/C(C)=C/c1ccc(C(=O)OCC)cc1)C(C)(C)CCC2(C)C. The number of fused-ring (bicyclic) bond motifs is 1. The van der Waals surface area contributed by atoms with E-state index in [0.717, 1.165) is 12.0 Å². The van der Waals surface area contributed by atoms with Gasteiger partial charge in [0.2, 0.25) is 0 Å². The summed E-state index contributed by atoms with van der Waals surface area (Å²) in [6, 6.07) is 12.8. The van der Waals surface area contributed by atoms with Gasteiger partial charge in [-0.3, -0.25) is 0 Å². The average Bonchev–Trinajstić information content (AvgIpc) is 2.77. The summed E-state index contributed by atoms with van der Waals surface area (Å²) in [7, 11) is 0. The summed E-state index contributed by atoms with van der Waals surface area (Å²) in [6.45, 7) is 16.3. The lowest BCUT2D eigenvalue weighted by molar-refractivity contribution is 0.0526. The third kappa shape index (κ3) is 5.78. The fourth-order valence-electron chi connectivity index (χ4n) is 5.06. The Balaban J connectivity index is 2.03. The van der Waals surface area contributed by atoms with Gasteiger partial charge in [-0.1, -0.05) is 77.8 Å². The second-order valence-electron chi connectivity index (χ2n) is 10.9. The predicted molar refractivity (Wildman–Crippen MR) is 141 cm³/mol. The molecule has 0 radical (unpaired) electrons. The molecule has 0 amide bonds. The summed E-state index contributed by atoms with van der Waals surface area (Å²) in [4.78, 5) is 12.0. The molecule has 1 aliphatic carbocycles. The molecule has 2 aromatic rings. The maximum Gasteiger partial charge on any atom is 0.338 e. The average molecular weight is 447 g/mol. The van der Waals surface area contributed by atoms with Crippen LogP contribution in [-0.4, -0.2) is 12.6 Å². The van der Waals surface area contributed by atoms with Gasteiger partial charge in [0, 0.05) is 0 Å². The van der Waals surface area contributed by atoms with Crippen molar-refractivity contribution >= 4 is 17.6 Å². The van der Waals surface area contributed by atoms with Crippen LogP contribution in [0.25, 0.3) is 11.6 Å². The smallest absolute Gasteiger partial charge is 0.338 e. The largest absolute Gasteiger partial charge is 0.462 e. The number of hydrogen-bond donors (Lipinski definition) is 0. The van der Waals surface area contributed by atoms with Gasteiger partial charge in [0.15, 0.2) is 0 Å². The van der Waals surface area contributed by atoms with E-state index in [1.165, 1.54) is 54.4 Å². The molecule has 0 saturated carbocycles. The van der Waals surface area contributed by atoms with Crippen LogP contribution in [0.2, 0.25) is 0 Å². The summed E-state index contributed by atoms with van der Waals surface area (Å²) in [5.41, 5.74) is 9.33. The maximum absolute atomic E-state index is 12.0. The van der Waals surface area contributed by atoms with Crippen molar-refractivity contribution in [1.29, 1.82) is 0 Å². The molecule has 0 bridgehead atoms. The standard InChI is InChI=1S/C31H42O2/c1-8-10-11-12-25-20-27-28(31(6,7)18-17-30(27,4)5)21-26(25)22(3)19-23-13-15-24(16-14-23)29(32)33-9-2/h13-16,19-21H,8-12,17-18H2,1-7H3/b22-19+. The van der Waals surface area contributed by atoms with Gasteiger partial charge in [-0.25, -0.2) is 4.79 Å². The number of aryl methyl sites for hydroxylation is 1. The molecule has 0 fully saturated rings. The highest BCUT2D eigenvalue weighted by Gasteiger charge is 2.37. The maximum atomic E-state index is 12.0. The van der Waals surface area contributed by atoms with Gasteiger partial charge in [-0.2, -0.15) is 0 Å². The minimum atomic E-state index is -0.262. The molecule has 2 heteroatoms. The second-order valence-corrected chi connectivity index (χ2v) is 10.9. The molecule has 2 aromatic carbocycles. The lowest BCUT2D eigenvalue weighted by Crippen LogP contribution is -2.34. The monoisotopic (exact) mass is 446 g/mol. The molecule has 3 rings (SSSR count). The molecule has 0 spiro atoms. The molecular formula is C31H42O2. The zero-order chi connectivity index (χ0) is 24.2. The van der Waals surface area contributed by atoms with Crippen LogP contribution in [0.5, 0.6) is 0 Å². The molecule has 1 aliphatic rings. The van der Waals surface area contributed by atoms with Crippen molar-refractivity contribution in [3.05, 3.63) is 69.8 Å². The van der Waals surface area contributed by atoms with Crippen LogP contribution < -0.4 is 0 Å². The van der Waals surface area contributed by atoms with Crippen molar-refractivity contribution in [1.82, 2.24) is 0 Å². The van der Waals surface area contributed by atoms with Crippen LogP contribution in [0.1, 0.15) is 119 Å². The number of hydrogen-bond acceptors (Lipinski definition) is 2. The molecular weight excluding hydrogens is 404 g/mol. The van der Waals surface area contributed by atoms with Gasteiger partial charge in [0.1, 0.15) is 0 Å². The van der Waals surface area contributed by atoms with Gasteiger partial charge < -0.3 is 4.74 Å². The van der Waals surface area contributed by atoms with Crippen molar-refractivity contribution in [2.24, 2.45) is 0 Å². The lowest BCUT2D eigenvalue weighted by Gasteiger charge is -2.42. The van der Waals surface area contributed by atoms with Crippen molar-refractivity contribution in [2.45, 2.75) is 97.8 Å². The number of benzene rings is 2. The van der Waals surface area contributed by atoms with Crippen molar-refractivity contribution in [3.63, 3.8) is 0 Å². The van der Waals surface area contributed by atoms with Gasteiger partial charge in [0.05, 0.1) is 12.2 Å². The first kappa shape index (κ1) is 25.3. The van der Waals surface area contributed by atoms with E-state index in [0.29, 0.717) is 12.2 Å². The van der Waals surface area contributed by atoms with Crippen LogP contribution in [0.4, 0.5) is 0 Å². The van der Waals surface area contributed by atoms with Gasteiger partial charge in [-0.15, -0.1) is 0 Å². The number of ether oxygens (including phenoxy) is 1. The minimum absolute atomic E-state index is 0.198. The predicted octanol–water partition coefficient (Wildman–Crippen LogP) is 8.51. The van der Waals surface area contributed by atoms with Gasteiger partial charge >= 0.3 is 5.97 Å². The van der Waals surface area contributed by atoms with E-state index in [1.807, 2.05) is 31.2 Å². The number of carbonyl (C=O) groups excluding carboxylic acids is 1. The second kappa shape index (κ2) is 10.3. The van der Waals surface area contributed by atoms with E-state index in [9.17, 15) is 4.79 Å². The van der Waals surface area contributed by atoms with Crippen LogP contribution >= 0.6 is 0 Å². The Morgan fingerprint density at radius 1 is 0.939 bits per heavy atom. The summed E-state index contributed by atoms with van der Waals surface area (Å²) < 4.78 is 5.12. The van der Waals surface area contributed by atoms with Crippen LogP contribution in [0, 0.1) is 0 Å². The first-order valence-electron chi connectivity index (χ1n) is 12.7. The Bertz CT molecular complexity index is 1010. The van der Waals surface area contributed by atoms with E-state index in [4.69, 9.17) is 4.74 Å². The Morgan fingerprint density at radius 3 is 2.12 bits per heavy atom. The molecule has 0 saturated heterocycles. The Hall–Kier alpha value is -2.35. The first-order valence-corrected chi connectivity index (χ1v) is 12.7. The fourth-order valence-corrected chi connectivity index (χ4v) is 5.06. The molecule has 0 aliphatic heterocycles. The highest BCUT2D eigenvalue weighted by atomic mass is 16.5. The van der Waals surface area contributed by atoms with Crippen LogP contribution in [0.3, 0.4) is 0 Å². The lowest BCUT2D eigenvalue weighted by atomic mass is 9.62. The zero-order valence-electron chi connectivity index (χ0n) is 21.8. The summed E-state index contributed by atoms with van der Waals surface area (Å²) >= 11 is 0. The number of carbonyl (C=O) groups is 1. The Kier molecular flexibility index (Phi) is 7.88. The molecule has 0 atom stereocenters. The number of rotatable bonds is 8. The highest BCUT2D eigenvalue weighted by Crippen LogP contribution is 2.47. The zero-order valence-corrected chi connectivity index (χ0v) is 21.8. The Labute approximate surface area is 201 Å². The molecule has 2 nitrogen and oxygen atoms in total. The number of allylic oxidation sites excluding steroid dienone is 1. The van der Waals surface area contributed by atoms with Crippen molar-refractivity contribution in [2.75, 3.05) is 6.61 Å². The number of esters is 1. The van der Waals surface area contributed by atoms with E-state index in [2.05, 4.69) is 59.8 Å². The van der Waals surface area contributed by atoms with Gasteiger partial charge in [0.25, 0.3) is 0 Å². The third-order valence-electron chi connectivity index (χ3n) is 7.36. The van der Waals surface area contributed by atoms with Gasteiger partial charge in [-0.05, 0) is 95.9 Å².